The summed E-state index contributed by atoms with van der Waals surface area (Å²) >= 11 is 0. The van der Waals surface area contributed by atoms with E-state index in [2.05, 4.69) is 0 Å². The number of carbonyl (C=O) groups excluding carboxylic acids is 2. The molecule has 0 saturated heterocycles. The number of ketones is 2. The Morgan fingerprint density at radius 3 is 2.15 bits per heavy atom. The van der Waals surface area contributed by atoms with Gasteiger partial charge in [-0.2, -0.15) is 0 Å². The van der Waals surface area contributed by atoms with E-state index in [4.69, 9.17) is 9.47 Å². The Morgan fingerprint density at radius 1 is 0.889 bits per heavy atom. The van der Waals surface area contributed by atoms with Gasteiger partial charge < -0.3 is 19.7 Å². The molecule has 0 aliphatic heterocycles. The molecule has 0 aromatic heterocycles. The fourth-order valence-corrected chi connectivity index (χ4v) is 2.30. The van der Waals surface area contributed by atoms with Gasteiger partial charge in [0.15, 0.2) is 23.1 Å². The van der Waals surface area contributed by atoms with Crippen molar-refractivity contribution < 1.29 is 29.3 Å². The van der Waals surface area contributed by atoms with Gasteiger partial charge in [0, 0.05) is 6.07 Å². The summed E-state index contributed by atoms with van der Waals surface area (Å²) in [6.07, 6.45) is 5.29. The summed E-state index contributed by atoms with van der Waals surface area (Å²) in [7, 11) is 2.92. The van der Waals surface area contributed by atoms with Crippen LogP contribution in [0, 0.1) is 0 Å². The summed E-state index contributed by atoms with van der Waals surface area (Å²) in [5, 5.41) is 19.3. The van der Waals surface area contributed by atoms with Crippen molar-refractivity contribution in [3.05, 3.63) is 59.7 Å². The maximum absolute atomic E-state index is 11.9. The van der Waals surface area contributed by atoms with Crippen molar-refractivity contribution in [2.75, 3.05) is 14.2 Å². The number of carbonyl (C=O) groups is 2. The first-order valence-corrected chi connectivity index (χ1v) is 8.08. The van der Waals surface area contributed by atoms with Crippen molar-refractivity contribution in [1.82, 2.24) is 0 Å². The van der Waals surface area contributed by atoms with E-state index in [-0.39, 0.29) is 29.5 Å². The second kappa shape index (κ2) is 9.24. The molecular weight excluding hydrogens is 348 g/mol. The maximum Gasteiger partial charge on any atom is 0.163 e. The highest BCUT2D eigenvalue weighted by Gasteiger charge is 2.05. The Labute approximate surface area is 157 Å². The number of aromatic hydroxyl groups is 2. The number of ether oxygens (including phenoxy) is 2. The maximum atomic E-state index is 11.9. The van der Waals surface area contributed by atoms with Crippen molar-refractivity contribution in [3.8, 4) is 23.0 Å². The third-order valence-corrected chi connectivity index (χ3v) is 3.62. The molecule has 0 fully saturated rings. The van der Waals surface area contributed by atoms with E-state index >= 15 is 0 Å². The van der Waals surface area contributed by atoms with Crippen LogP contribution in [-0.4, -0.2) is 36.0 Å². The van der Waals surface area contributed by atoms with E-state index < -0.39 is 0 Å². The Morgan fingerprint density at radius 2 is 1.56 bits per heavy atom. The van der Waals surface area contributed by atoms with Crippen LogP contribution in [0.4, 0.5) is 0 Å². The zero-order valence-corrected chi connectivity index (χ0v) is 15.0. The molecular formula is C21H20O6. The minimum absolute atomic E-state index is 0.0169. The van der Waals surface area contributed by atoms with Gasteiger partial charge in [-0.05, 0) is 47.5 Å². The molecule has 140 valence electrons. The standard InChI is InChI=1S/C21H20O6/c1-26-19-10-15(9-18(24)13-19)4-7-17(23)12-16(22)6-3-14-5-8-21(27-2)20(25)11-14/h3-11,13,24-25H,12H2,1-2H3/b6-3+,7-4+. The zero-order chi connectivity index (χ0) is 19.8. The van der Waals surface area contributed by atoms with Gasteiger partial charge in [0.25, 0.3) is 0 Å². The second-order valence-corrected chi connectivity index (χ2v) is 5.67. The Kier molecular flexibility index (Phi) is 6.77. The van der Waals surface area contributed by atoms with Crippen LogP contribution in [0.1, 0.15) is 17.5 Å². The van der Waals surface area contributed by atoms with Gasteiger partial charge in [-0.25, -0.2) is 0 Å². The van der Waals surface area contributed by atoms with Crippen molar-refractivity contribution >= 4 is 23.7 Å². The van der Waals surface area contributed by atoms with E-state index in [1.807, 2.05) is 0 Å². The lowest BCUT2D eigenvalue weighted by molar-refractivity contribution is -0.121. The summed E-state index contributed by atoms with van der Waals surface area (Å²) in [6, 6.07) is 9.30. The monoisotopic (exact) mass is 368 g/mol. The van der Waals surface area contributed by atoms with Gasteiger partial charge in [-0.1, -0.05) is 18.2 Å². The van der Waals surface area contributed by atoms with Gasteiger partial charge in [0.2, 0.25) is 0 Å². The van der Waals surface area contributed by atoms with Gasteiger partial charge in [0.1, 0.15) is 11.5 Å². The van der Waals surface area contributed by atoms with Crippen LogP contribution in [-0.2, 0) is 9.59 Å². The molecule has 0 aliphatic rings. The first-order chi connectivity index (χ1) is 12.9. The fourth-order valence-electron chi connectivity index (χ4n) is 2.30. The molecule has 6 heteroatoms. The van der Waals surface area contributed by atoms with Crippen LogP contribution in [0.2, 0.25) is 0 Å². The predicted octanol–water partition coefficient (Wildman–Crippen LogP) is 3.37. The highest BCUT2D eigenvalue weighted by Crippen LogP contribution is 2.26. The number of methoxy groups -OCH3 is 2. The highest BCUT2D eigenvalue weighted by molar-refractivity contribution is 6.10. The van der Waals surface area contributed by atoms with E-state index in [0.717, 1.165) is 0 Å². The summed E-state index contributed by atoms with van der Waals surface area (Å²) in [6.45, 7) is 0. The largest absolute Gasteiger partial charge is 0.508 e. The topological polar surface area (TPSA) is 93.1 Å². The Hall–Kier alpha value is -3.54. The molecule has 0 bridgehead atoms. The lowest BCUT2D eigenvalue weighted by atomic mass is 10.1. The van der Waals surface area contributed by atoms with E-state index in [9.17, 15) is 19.8 Å². The third-order valence-electron chi connectivity index (χ3n) is 3.62. The van der Waals surface area contributed by atoms with Crippen molar-refractivity contribution in [2.45, 2.75) is 6.42 Å². The molecule has 0 atom stereocenters. The zero-order valence-electron chi connectivity index (χ0n) is 15.0. The summed E-state index contributed by atoms with van der Waals surface area (Å²) in [5.74, 6) is 0.0417. The lowest BCUT2D eigenvalue weighted by Crippen LogP contribution is -2.01. The van der Waals surface area contributed by atoms with E-state index in [1.165, 1.54) is 56.7 Å². The SMILES string of the molecule is COc1cc(O)cc(/C=C/C(=O)CC(=O)/C=C/c2ccc(OC)c(O)c2)c1. The molecule has 6 nitrogen and oxygen atoms in total. The normalized spacial score (nSPS) is 11.0. The number of phenolic OH excluding ortho intramolecular Hbond substituents is 2. The fraction of sp³-hybridized carbons (Fsp3) is 0.143. The number of benzene rings is 2. The first kappa shape index (κ1) is 19.8. The summed E-state index contributed by atoms with van der Waals surface area (Å²) in [5.41, 5.74) is 1.19. The quantitative estimate of drug-likeness (QED) is 0.548. The van der Waals surface area contributed by atoms with Crippen LogP contribution >= 0.6 is 0 Å². The van der Waals surface area contributed by atoms with Gasteiger partial charge in [0.05, 0.1) is 20.6 Å². The summed E-state index contributed by atoms with van der Waals surface area (Å²) in [4.78, 5) is 23.8. The number of hydrogen-bond donors (Lipinski definition) is 2. The van der Waals surface area contributed by atoms with Crippen LogP contribution in [0.5, 0.6) is 23.0 Å². The molecule has 2 aromatic carbocycles. The third kappa shape index (κ3) is 6.04. The number of rotatable bonds is 8. The molecule has 0 heterocycles. The molecule has 0 spiro atoms. The first-order valence-electron chi connectivity index (χ1n) is 8.08. The number of phenols is 2. The molecule has 0 aliphatic carbocycles. The van der Waals surface area contributed by atoms with E-state index in [0.29, 0.717) is 22.6 Å². The predicted molar refractivity (Wildman–Crippen MR) is 102 cm³/mol. The number of hydrogen-bond acceptors (Lipinski definition) is 6. The molecule has 2 aromatic rings. The average Bonchev–Trinajstić information content (AvgIpc) is 2.64. The minimum Gasteiger partial charge on any atom is -0.508 e. The van der Waals surface area contributed by atoms with Crippen molar-refractivity contribution in [2.24, 2.45) is 0 Å². The minimum atomic E-state index is -0.371. The molecule has 0 saturated carbocycles. The Balaban J connectivity index is 1.96. The molecule has 27 heavy (non-hydrogen) atoms. The summed E-state index contributed by atoms with van der Waals surface area (Å²) < 4.78 is 9.98. The smallest absolute Gasteiger partial charge is 0.163 e. The van der Waals surface area contributed by atoms with Crippen molar-refractivity contribution in [3.63, 3.8) is 0 Å². The second-order valence-electron chi connectivity index (χ2n) is 5.67. The average molecular weight is 368 g/mol. The molecule has 0 unspecified atom stereocenters. The van der Waals surface area contributed by atoms with Crippen LogP contribution in [0.25, 0.3) is 12.2 Å². The Bertz CT molecular complexity index is 896. The number of allylic oxidation sites excluding steroid dienone is 2. The molecule has 2 N–H and O–H groups in total. The lowest BCUT2D eigenvalue weighted by Gasteiger charge is -2.03. The van der Waals surface area contributed by atoms with Gasteiger partial charge >= 0.3 is 0 Å². The van der Waals surface area contributed by atoms with E-state index in [1.54, 1.807) is 18.2 Å². The van der Waals surface area contributed by atoms with Crippen molar-refractivity contribution in [1.29, 1.82) is 0 Å². The van der Waals surface area contributed by atoms with Crippen LogP contribution < -0.4 is 9.47 Å². The molecule has 0 radical (unpaired) electrons. The van der Waals surface area contributed by atoms with Gasteiger partial charge in [-0.3, -0.25) is 9.59 Å². The van der Waals surface area contributed by atoms with Crippen LogP contribution in [0.15, 0.2) is 48.6 Å². The molecule has 2 rings (SSSR count). The van der Waals surface area contributed by atoms with Crippen LogP contribution in [0.3, 0.4) is 0 Å². The highest BCUT2D eigenvalue weighted by atomic mass is 16.5. The van der Waals surface area contributed by atoms with Gasteiger partial charge in [-0.15, -0.1) is 0 Å². The molecule has 0 amide bonds.